The molecule has 158 valence electrons. The van der Waals surface area contributed by atoms with Gasteiger partial charge in [0.05, 0.1) is 6.61 Å². The average molecular weight is 409 g/mol. The van der Waals surface area contributed by atoms with Crippen molar-refractivity contribution in [3.05, 3.63) is 35.9 Å². The molecule has 2 rings (SSSR count). The zero-order valence-corrected chi connectivity index (χ0v) is 16.2. The van der Waals surface area contributed by atoms with E-state index < -0.39 is 54.5 Å². The van der Waals surface area contributed by atoms with E-state index in [-0.39, 0.29) is 6.61 Å². The fraction of sp³-hybridized carbons (Fsp3) is 0.474. The molecule has 1 heterocycles. The summed E-state index contributed by atoms with van der Waals surface area (Å²) in [6, 6.07) is 7.88. The molecule has 0 bridgehead atoms. The molecule has 1 fully saturated rings. The van der Waals surface area contributed by atoms with Gasteiger partial charge in [-0.05, 0) is 5.56 Å². The quantitative estimate of drug-likeness (QED) is 0.612. The van der Waals surface area contributed by atoms with Crippen LogP contribution in [0, 0.1) is 0 Å². The number of carboxylic acid groups (broad SMARTS) is 1. The molecule has 1 amide bonds. The van der Waals surface area contributed by atoms with Gasteiger partial charge in [0.15, 0.2) is 24.6 Å². The molecule has 0 spiro atoms. The highest BCUT2D eigenvalue weighted by Gasteiger charge is 2.53. The molecule has 5 atom stereocenters. The molecular formula is C19H23NO9. The lowest BCUT2D eigenvalue weighted by atomic mass is 9.95. The first-order valence-electron chi connectivity index (χ1n) is 8.84. The number of carbonyl (C=O) groups excluding carboxylic acids is 3. The second-order valence-corrected chi connectivity index (χ2v) is 6.43. The van der Waals surface area contributed by atoms with Crippen LogP contribution in [-0.2, 0) is 44.7 Å². The SMILES string of the molecule is CC(=O)N[C@@H]1[C@@H](OCc2ccccc2)O[C@@H](C(=O)O)[C@@H](OC(C)=O)[C@@H]1OC(C)=O. The van der Waals surface area contributed by atoms with Gasteiger partial charge in [-0.3, -0.25) is 14.4 Å². The van der Waals surface area contributed by atoms with Crippen molar-refractivity contribution in [3.8, 4) is 0 Å². The number of benzene rings is 1. The zero-order valence-electron chi connectivity index (χ0n) is 16.2. The van der Waals surface area contributed by atoms with E-state index in [1.165, 1.54) is 6.92 Å². The highest BCUT2D eigenvalue weighted by Crippen LogP contribution is 2.28. The van der Waals surface area contributed by atoms with E-state index in [9.17, 15) is 24.3 Å². The Hall–Kier alpha value is -2.98. The minimum absolute atomic E-state index is 0.0406. The lowest BCUT2D eigenvalue weighted by molar-refractivity contribution is -0.273. The van der Waals surface area contributed by atoms with Gasteiger partial charge in [0.25, 0.3) is 0 Å². The highest BCUT2D eigenvalue weighted by molar-refractivity contribution is 5.76. The number of carbonyl (C=O) groups is 4. The van der Waals surface area contributed by atoms with Crippen molar-refractivity contribution in [1.82, 2.24) is 5.32 Å². The number of rotatable bonds is 7. The number of aliphatic carboxylic acids is 1. The van der Waals surface area contributed by atoms with E-state index in [1.807, 2.05) is 6.07 Å². The van der Waals surface area contributed by atoms with Crippen molar-refractivity contribution in [3.63, 3.8) is 0 Å². The van der Waals surface area contributed by atoms with Crippen LogP contribution < -0.4 is 5.32 Å². The van der Waals surface area contributed by atoms with Crippen molar-refractivity contribution in [1.29, 1.82) is 0 Å². The minimum atomic E-state index is -1.67. The first-order valence-corrected chi connectivity index (χ1v) is 8.84. The van der Waals surface area contributed by atoms with Crippen LogP contribution in [0.15, 0.2) is 30.3 Å². The summed E-state index contributed by atoms with van der Waals surface area (Å²) in [5.41, 5.74) is 0.774. The topological polar surface area (TPSA) is 137 Å². The van der Waals surface area contributed by atoms with Gasteiger partial charge in [-0.15, -0.1) is 0 Å². The molecule has 0 radical (unpaired) electrons. The molecule has 29 heavy (non-hydrogen) atoms. The largest absolute Gasteiger partial charge is 0.479 e. The Bertz CT molecular complexity index is 751. The third-order valence-electron chi connectivity index (χ3n) is 4.02. The van der Waals surface area contributed by atoms with E-state index in [0.29, 0.717) is 0 Å². The number of amides is 1. The summed E-state index contributed by atoms with van der Waals surface area (Å²) in [4.78, 5) is 46.6. The van der Waals surface area contributed by atoms with Crippen LogP contribution in [0.25, 0.3) is 0 Å². The number of hydrogen-bond acceptors (Lipinski definition) is 8. The van der Waals surface area contributed by atoms with Gasteiger partial charge < -0.3 is 29.4 Å². The Kier molecular flexibility index (Phi) is 7.68. The summed E-state index contributed by atoms with van der Waals surface area (Å²) in [7, 11) is 0. The van der Waals surface area contributed by atoms with Crippen molar-refractivity contribution in [2.24, 2.45) is 0 Å². The van der Waals surface area contributed by atoms with Gasteiger partial charge in [0.1, 0.15) is 6.04 Å². The molecule has 0 saturated carbocycles. The molecule has 1 aromatic rings. The molecule has 10 nitrogen and oxygen atoms in total. The summed E-state index contributed by atoms with van der Waals surface area (Å²) in [6.45, 7) is 3.46. The number of carboxylic acids is 1. The number of hydrogen-bond donors (Lipinski definition) is 2. The Labute approximate surface area is 167 Å². The molecule has 0 aromatic heterocycles. The Morgan fingerprint density at radius 2 is 1.59 bits per heavy atom. The van der Waals surface area contributed by atoms with Gasteiger partial charge in [-0.1, -0.05) is 30.3 Å². The van der Waals surface area contributed by atoms with Gasteiger partial charge in [-0.25, -0.2) is 4.79 Å². The van der Waals surface area contributed by atoms with Crippen LogP contribution in [0.5, 0.6) is 0 Å². The third-order valence-corrected chi connectivity index (χ3v) is 4.02. The van der Waals surface area contributed by atoms with Crippen molar-refractivity contribution >= 4 is 23.8 Å². The van der Waals surface area contributed by atoms with E-state index in [4.69, 9.17) is 18.9 Å². The molecule has 2 N–H and O–H groups in total. The molecule has 1 aliphatic rings. The summed E-state index contributed by atoms with van der Waals surface area (Å²) < 4.78 is 21.5. The molecule has 0 unspecified atom stereocenters. The van der Waals surface area contributed by atoms with Crippen molar-refractivity contribution < 1.29 is 43.2 Å². The van der Waals surface area contributed by atoms with E-state index in [0.717, 1.165) is 19.4 Å². The zero-order chi connectivity index (χ0) is 21.6. The first-order chi connectivity index (χ1) is 13.7. The minimum Gasteiger partial charge on any atom is -0.479 e. The number of esters is 2. The Balaban J connectivity index is 2.36. The fourth-order valence-corrected chi connectivity index (χ4v) is 2.97. The lowest BCUT2D eigenvalue weighted by Gasteiger charge is -2.43. The van der Waals surface area contributed by atoms with Crippen LogP contribution in [0.2, 0.25) is 0 Å². The summed E-state index contributed by atoms with van der Waals surface area (Å²) >= 11 is 0. The number of nitrogens with one attached hydrogen (secondary N) is 1. The molecular weight excluding hydrogens is 386 g/mol. The Morgan fingerprint density at radius 1 is 1.00 bits per heavy atom. The first kappa shape index (κ1) is 22.3. The van der Waals surface area contributed by atoms with Gasteiger partial charge in [-0.2, -0.15) is 0 Å². The molecule has 0 aliphatic carbocycles. The smallest absolute Gasteiger partial charge is 0.337 e. The highest BCUT2D eigenvalue weighted by atomic mass is 16.7. The second kappa shape index (κ2) is 9.99. The van der Waals surface area contributed by atoms with Crippen LogP contribution in [-0.4, -0.2) is 59.6 Å². The lowest BCUT2D eigenvalue weighted by Crippen LogP contribution is -2.67. The second-order valence-electron chi connectivity index (χ2n) is 6.43. The third kappa shape index (κ3) is 6.26. The molecule has 10 heteroatoms. The summed E-state index contributed by atoms with van der Waals surface area (Å²) in [5, 5.41) is 12.1. The molecule has 1 aliphatic heterocycles. The summed E-state index contributed by atoms with van der Waals surface area (Å²) in [6.07, 6.45) is -5.77. The van der Waals surface area contributed by atoms with Gasteiger partial charge in [0, 0.05) is 20.8 Å². The Morgan fingerprint density at radius 3 is 2.10 bits per heavy atom. The van der Waals surface area contributed by atoms with Crippen molar-refractivity contribution in [2.75, 3.05) is 0 Å². The van der Waals surface area contributed by atoms with Crippen LogP contribution in [0.3, 0.4) is 0 Å². The predicted molar refractivity (Wildman–Crippen MR) is 96.2 cm³/mol. The molecule has 1 saturated heterocycles. The van der Waals surface area contributed by atoms with Gasteiger partial charge >= 0.3 is 17.9 Å². The predicted octanol–water partition coefficient (Wildman–Crippen LogP) is 0.381. The maximum atomic E-state index is 11.7. The number of ether oxygens (including phenoxy) is 4. The average Bonchev–Trinajstić information content (AvgIpc) is 2.63. The summed E-state index contributed by atoms with van der Waals surface area (Å²) in [5.74, 6) is -3.50. The van der Waals surface area contributed by atoms with Crippen molar-refractivity contribution in [2.45, 2.75) is 58.0 Å². The van der Waals surface area contributed by atoms with Gasteiger partial charge in [0.2, 0.25) is 5.91 Å². The van der Waals surface area contributed by atoms with E-state index in [2.05, 4.69) is 5.32 Å². The normalized spacial score (nSPS) is 26.2. The molecule has 1 aromatic carbocycles. The monoisotopic (exact) mass is 409 g/mol. The van der Waals surface area contributed by atoms with Crippen LogP contribution in [0.4, 0.5) is 0 Å². The maximum Gasteiger partial charge on any atom is 0.337 e. The standard InChI is InChI=1S/C19H23NO9/c1-10(21)20-14-15(27-11(2)22)16(28-12(3)23)17(18(24)25)29-19(14)26-9-13-7-5-4-6-8-13/h4-8,14-17,19H,9H2,1-3H3,(H,20,21)(H,24,25)/t14-,15+,16-,17+,19-/m0/s1. The van der Waals surface area contributed by atoms with Crippen LogP contribution in [0.1, 0.15) is 26.3 Å². The van der Waals surface area contributed by atoms with E-state index >= 15 is 0 Å². The van der Waals surface area contributed by atoms with Crippen LogP contribution >= 0.6 is 0 Å². The fourth-order valence-electron chi connectivity index (χ4n) is 2.97. The van der Waals surface area contributed by atoms with E-state index in [1.54, 1.807) is 24.3 Å². The maximum absolute atomic E-state index is 11.7.